The average Bonchev–Trinajstić information content (AvgIpc) is 3.61. The second kappa shape index (κ2) is 15.6. The van der Waals surface area contributed by atoms with E-state index >= 15 is 4.39 Å². The number of nitrogens with zero attached hydrogens (tertiary/aromatic N) is 5. The molecule has 5 aromatic rings. The zero-order valence-corrected chi connectivity index (χ0v) is 31.8. The first-order chi connectivity index (χ1) is 25.0. The van der Waals surface area contributed by atoms with Crippen molar-refractivity contribution in [2.24, 2.45) is 7.05 Å². The van der Waals surface area contributed by atoms with E-state index in [9.17, 15) is 14.4 Å². The first kappa shape index (κ1) is 38.7. The third-order valence-corrected chi connectivity index (χ3v) is 8.31. The van der Waals surface area contributed by atoms with Gasteiger partial charge in [-0.05, 0) is 90.8 Å². The van der Waals surface area contributed by atoms with Crippen LogP contribution in [0, 0.1) is 5.95 Å². The molecule has 0 radical (unpaired) electrons. The third-order valence-electron chi connectivity index (χ3n) is 8.31. The van der Waals surface area contributed by atoms with Crippen molar-refractivity contribution in [1.82, 2.24) is 29.4 Å². The fourth-order valence-corrected chi connectivity index (χ4v) is 6.05. The summed E-state index contributed by atoms with van der Waals surface area (Å²) < 4.78 is 40.6. The summed E-state index contributed by atoms with van der Waals surface area (Å²) in [5, 5.41) is 3.60. The van der Waals surface area contributed by atoms with E-state index in [-0.39, 0.29) is 11.1 Å². The van der Waals surface area contributed by atoms with Gasteiger partial charge >= 0.3 is 18.0 Å². The Morgan fingerprint density at radius 2 is 1.58 bits per heavy atom. The molecule has 5 rings (SSSR count). The van der Waals surface area contributed by atoms with Gasteiger partial charge in [0.1, 0.15) is 33.7 Å². The minimum atomic E-state index is -0.948. The summed E-state index contributed by atoms with van der Waals surface area (Å²) in [5.74, 6) is -1.23. The molecule has 13 nitrogen and oxygen atoms in total. The number of pyridine rings is 2. The van der Waals surface area contributed by atoms with Gasteiger partial charge in [-0.1, -0.05) is 12.8 Å². The molecule has 0 saturated heterocycles. The lowest BCUT2D eigenvalue weighted by Gasteiger charge is -2.20. The summed E-state index contributed by atoms with van der Waals surface area (Å²) in [6, 6.07) is 10.4. The highest BCUT2D eigenvalue weighted by molar-refractivity contribution is 5.99. The molecule has 0 aliphatic heterocycles. The van der Waals surface area contributed by atoms with Gasteiger partial charge in [0.05, 0.1) is 36.7 Å². The topological polar surface area (TPSA) is 149 Å². The molecule has 0 atom stereocenters. The minimum absolute atomic E-state index is 0.253. The number of unbranched alkanes of at least 4 members (excludes halogenated alkanes) is 3. The molecule has 53 heavy (non-hydrogen) atoms. The number of imidazole rings is 1. The first-order valence-corrected chi connectivity index (χ1v) is 17.5. The van der Waals surface area contributed by atoms with Gasteiger partial charge in [0, 0.05) is 37.3 Å². The molecule has 14 heteroatoms. The maximum absolute atomic E-state index is 15.2. The van der Waals surface area contributed by atoms with E-state index in [0.29, 0.717) is 52.6 Å². The zero-order chi connectivity index (χ0) is 38.7. The van der Waals surface area contributed by atoms with E-state index in [2.05, 4.69) is 14.9 Å². The standard InChI is InChI=1S/C39H47FN6O7/c1-38(2,3)52-36(48)30-25(16-18-41-32(30)40)26-15-14-23-21-28(34-44-27-20-24(35(47)51-9)22-29(50-8)31(27)45(34)7)46(33(23)43-26)19-13-11-10-12-17-42-37(49)53-39(4,5)6/h14-16,18,20-22H,10-13,17,19H2,1-9H3,(H,42,49). The Kier molecular flexibility index (Phi) is 11.4. The number of nitrogens with one attached hydrogen (secondary N) is 1. The fourth-order valence-electron chi connectivity index (χ4n) is 6.05. The Labute approximate surface area is 307 Å². The number of aryl methyl sites for hydroxylation is 2. The normalized spacial score (nSPS) is 11.9. The second-order valence-corrected chi connectivity index (χ2v) is 14.7. The lowest BCUT2D eigenvalue weighted by atomic mass is 10.1. The number of aromatic nitrogens is 5. The van der Waals surface area contributed by atoms with Crippen LogP contribution in [0.25, 0.3) is 44.8 Å². The first-order valence-electron chi connectivity index (χ1n) is 17.5. The Balaban J connectivity index is 1.54. The summed E-state index contributed by atoms with van der Waals surface area (Å²) in [4.78, 5) is 51.3. The fraction of sp³-hybridized carbons (Fsp3) is 0.436. The van der Waals surface area contributed by atoms with E-state index in [0.717, 1.165) is 36.8 Å². The van der Waals surface area contributed by atoms with Crippen molar-refractivity contribution in [3.05, 3.63) is 59.7 Å². The van der Waals surface area contributed by atoms with Gasteiger partial charge in [0.15, 0.2) is 5.82 Å². The summed E-state index contributed by atoms with van der Waals surface area (Å²) in [5.41, 5.74) is 1.80. The second-order valence-electron chi connectivity index (χ2n) is 14.7. The van der Waals surface area contributed by atoms with Gasteiger partial charge < -0.3 is 33.4 Å². The van der Waals surface area contributed by atoms with Crippen LogP contribution >= 0.6 is 0 Å². The molecular formula is C39H47FN6O7. The predicted octanol–water partition coefficient (Wildman–Crippen LogP) is 7.63. The summed E-state index contributed by atoms with van der Waals surface area (Å²) in [7, 11) is 4.72. The SMILES string of the molecule is COC(=O)c1cc(OC)c2c(c1)nc(-c1cc3ccc(-c4ccnc(F)c4C(=O)OC(C)(C)C)nc3n1CCCCCCNC(=O)OC(C)(C)C)n2C. The van der Waals surface area contributed by atoms with Gasteiger partial charge in [-0.25, -0.2) is 29.3 Å². The van der Waals surface area contributed by atoms with Gasteiger partial charge in [-0.3, -0.25) is 0 Å². The minimum Gasteiger partial charge on any atom is -0.494 e. The largest absolute Gasteiger partial charge is 0.494 e. The maximum atomic E-state index is 15.2. The van der Waals surface area contributed by atoms with Crippen LogP contribution in [0.2, 0.25) is 0 Å². The van der Waals surface area contributed by atoms with Crippen molar-refractivity contribution in [1.29, 1.82) is 0 Å². The molecular weight excluding hydrogens is 683 g/mol. The van der Waals surface area contributed by atoms with Crippen LogP contribution in [-0.4, -0.2) is 74.1 Å². The van der Waals surface area contributed by atoms with E-state index in [1.807, 2.05) is 44.5 Å². The van der Waals surface area contributed by atoms with Crippen LogP contribution in [0.5, 0.6) is 5.75 Å². The highest BCUT2D eigenvalue weighted by Gasteiger charge is 2.27. The number of hydrogen-bond acceptors (Lipinski definition) is 10. The van der Waals surface area contributed by atoms with Gasteiger partial charge in [0.2, 0.25) is 5.95 Å². The highest BCUT2D eigenvalue weighted by atomic mass is 19.1. The molecule has 0 spiro atoms. The molecule has 0 saturated carbocycles. The molecule has 1 amide bonds. The van der Waals surface area contributed by atoms with E-state index in [1.54, 1.807) is 45.0 Å². The molecule has 0 aliphatic rings. The Morgan fingerprint density at radius 3 is 2.26 bits per heavy atom. The lowest BCUT2D eigenvalue weighted by Crippen LogP contribution is -2.32. The van der Waals surface area contributed by atoms with Gasteiger partial charge in [0.25, 0.3) is 0 Å². The number of hydrogen-bond donors (Lipinski definition) is 1. The van der Waals surface area contributed by atoms with Gasteiger partial charge in [-0.15, -0.1) is 0 Å². The molecule has 4 aromatic heterocycles. The van der Waals surface area contributed by atoms with Crippen LogP contribution in [0.4, 0.5) is 9.18 Å². The maximum Gasteiger partial charge on any atom is 0.407 e. The number of fused-ring (bicyclic) bond motifs is 2. The molecule has 0 fully saturated rings. The molecule has 282 valence electrons. The van der Waals surface area contributed by atoms with E-state index in [4.69, 9.17) is 28.9 Å². The molecule has 0 bridgehead atoms. The number of carbonyl (C=O) groups is 3. The highest BCUT2D eigenvalue weighted by Crippen LogP contribution is 2.35. The quantitative estimate of drug-likeness (QED) is 0.0588. The number of rotatable bonds is 12. The molecule has 1 aromatic carbocycles. The van der Waals surface area contributed by atoms with Gasteiger partial charge in [-0.2, -0.15) is 4.39 Å². The van der Waals surface area contributed by atoms with Crippen molar-refractivity contribution >= 4 is 40.1 Å². The van der Waals surface area contributed by atoms with Crippen LogP contribution < -0.4 is 10.1 Å². The number of benzene rings is 1. The number of methoxy groups -OCH3 is 2. The third kappa shape index (κ3) is 8.93. The summed E-state index contributed by atoms with van der Waals surface area (Å²) in [6.07, 6.45) is 4.10. The zero-order valence-electron chi connectivity index (χ0n) is 31.8. The Bertz CT molecular complexity index is 2160. The van der Waals surface area contributed by atoms with Crippen molar-refractivity contribution in [2.75, 3.05) is 20.8 Å². The molecule has 4 heterocycles. The molecule has 1 N–H and O–H groups in total. The predicted molar refractivity (Wildman–Crippen MR) is 198 cm³/mol. The van der Waals surface area contributed by atoms with Crippen LogP contribution in [-0.2, 0) is 27.8 Å². The molecule has 0 unspecified atom stereocenters. The molecule has 0 aliphatic carbocycles. The van der Waals surface area contributed by atoms with Crippen molar-refractivity contribution in [2.45, 2.75) is 85.0 Å². The average molecular weight is 731 g/mol. The number of esters is 2. The monoisotopic (exact) mass is 730 g/mol. The number of carbonyl (C=O) groups excluding carboxylic acids is 3. The Hall–Kier alpha value is -5.53. The van der Waals surface area contributed by atoms with E-state index < -0.39 is 35.2 Å². The van der Waals surface area contributed by atoms with E-state index in [1.165, 1.54) is 20.4 Å². The number of halogens is 1. The Morgan fingerprint density at radius 1 is 0.868 bits per heavy atom. The lowest BCUT2D eigenvalue weighted by molar-refractivity contribution is 0.00640. The van der Waals surface area contributed by atoms with Crippen LogP contribution in [0.15, 0.2) is 42.6 Å². The number of amides is 1. The smallest absolute Gasteiger partial charge is 0.407 e. The van der Waals surface area contributed by atoms with Crippen molar-refractivity contribution in [3.63, 3.8) is 0 Å². The number of ether oxygens (including phenoxy) is 4. The van der Waals surface area contributed by atoms with Crippen LogP contribution in [0.3, 0.4) is 0 Å². The van der Waals surface area contributed by atoms with Crippen molar-refractivity contribution in [3.8, 4) is 28.5 Å². The summed E-state index contributed by atoms with van der Waals surface area (Å²) in [6.45, 7) is 11.6. The summed E-state index contributed by atoms with van der Waals surface area (Å²) >= 11 is 0. The number of alkyl carbamates (subject to hydrolysis) is 1. The van der Waals surface area contributed by atoms with Crippen LogP contribution in [0.1, 0.15) is 87.9 Å². The van der Waals surface area contributed by atoms with Crippen molar-refractivity contribution < 1.29 is 37.7 Å².